The van der Waals surface area contributed by atoms with E-state index in [4.69, 9.17) is 15.3 Å². The van der Waals surface area contributed by atoms with Crippen LogP contribution in [-0.2, 0) is 9.63 Å². The number of benzene rings is 1. The zero-order valence-corrected chi connectivity index (χ0v) is 11.9. The molecular formula is C14H21N3O3. The lowest BCUT2D eigenvalue weighted by atomic mass is 10.2. The summed E-state index contributed by atoms with van der Waals surface area (Å²) in [5.41, 5.74) is 6.89. The second-order valence-corrected chi connectivity index (χ2v) is 4.81. The molecule has 2 rings (SSSR count). The van der Waals surface area contributed by atoms with Crippen LogP contribution in [0.1, 0.15) is 19.8 Å². The third-order valence-electron chi connectivity index (χ3n) is 3.32. The molecule has 0 bridgehead atoms. The number of rotatable bonds is 4. The molecule has 1 aromatic carbocycles. The van der Waals surface area contributed by atoms with Gasteiger partial charge in [0.2, 0.25) is 5.91 Å². The second-order valence-electron chi connectivity index (χ2n) is 4.81. The molecule has 0 aromatic heterocycles. The lowest BCUT2D eigenvalue weighted by molar-refractivity contribution is -0.202. The smallest absolute Gasteiger partial charge is 0.243 e. The third kappa shape index (κ3) is 3.40. The van der Waals surface area contributed by atoms with Gasteiger partial charge in [-0.15, -0.1) is 0 Å². The van der Waals surface area contributed by atoms with Crippen molar-refractivity contribution in [2.24, 2.45) is 0 Å². The van der Waals surface area contributed by atoms with Crippen molar-refractivity contribution in [3.63, 3.8) is 0 Å². The highest BCUT2D eigenvalue weighted by Gasteiger charge is 2.24. The number of carbonyl (C=O) groups excluding carboxylic acids is 1. The fourth-order valence-electron chi connectivity index (χ4n) is 2.10. The summed E-state index contributed by atoms with van der Waals surface area (Å²) in [5.74, 6) is 0.417. The molecule has 1 atom stereocenters. The van der Waals surface area contributed by atoms with Crippen LogP contribution < -0.4 is 15.8 Å². The Bertz CT molecular complexity index is 473. The molecule has 0 saturated carbocycles. The summed E-state index contributed by atoms with van der Waals surface area (Å²) in [6, 6.07) is 4.78. The van der Waals surface area contributed by atoms with E-state index in [-0.39, 0.29) is 11.9 Å². The molecule has 1 heterocycles. The lowest BCUT2D eigenvalue weighted by Crippen LogP contribution is -2.44. The van der Waals surface area contributed by atoms with E-state index in [0.29, 0.717) is 23.7 Å². The Hall–Kier alpha value is -1.79. The Balaban J connectivity index is 2.03. The molecular weight excluding hydrogens is 258 g/mol. The third-order valence-corrected chi connectivity index (χ3v) is 3.32. The molecule has 1 saturated heterocycles. The van der Waals surface area contributed by atoms with E-state index in [0.717, 1.165) is 19.4 Å². The normalized spacial score (nSPS) is 17.5. The Labute approximate surface area is 118 Å². The zero-order chi connectivity index (χ0) is 14.5. The van der Waals surface area contributed by atoms with Crippen molar-refractivity contribution in [2.45, 2.75) is 25.8 Å². The molecule has 0 radical (unpaired) electrons. The van der Waals surface area contributed by atoms with Crippen LogP contribution in [-0.4, -0.2) is 37.3 Å². The minimum absolute atomic E-state index is 0.130. The molecule has 3 N–H and O–H groups in total. The van der Waals surface area contributed by atoms with Crippen LogP contribution >= 0.6 is 0 Å². The van der Waals surface area contributed by atoms with Crippen LogP contribution in [0.4, 0.5) is 11.4 Å². The number of hydrogen-bond donors (Lipinski definition) is 2. The number of carbonyl (C=O) groups is 1. The number of hydroxylamine groups is 2. The number of hydrogen-bond acceptors (Lipinski definition) is 5. The van der Waals surface area contributed by atoms with Crippen LogP contribution in [0.5, 0.6) is 5.75 Å². The standard InChI is InChI=1S/C14H21N3O3/c1-10(17-7-3-4-8-20-17)14(18)16-12-6-5-11(15)9-13(12)19-2/h5-6,9-10H,3-4,7-8,15H2,1-2H3,(H,16,18). The first-order chi connectivity index (χ1) is 9.61. The van der Waals surface area contributed by atoms with Crippen molar-refractivity contribution in [3.8, 4) is 5.75 Å². The van der Waals surface area contributed by atoms with E-state index >= 15 is 0 Å². The van der Waals surface area contributed by atoms with Gasteiger partial charge in [-0.05, 0) is 31.9 Å². The van der Waals surface area contributed by atoms with Gasteiger partial charge in [-0.25, -0.2) is 0 Å². The van der Waals surface area contributed by atoms with Gasteiger partial charge in [0.25, 0.3) is 0 Å². The van der Waals surface area contributed by atoms with Crippen LogP contribution in [0.3, 0.4) is 0 Å². The van der Waals surface area contributed by atoms with Crippen LogP contribution in [0.15, 0.2) is 18.2 Å². The summed E-state index contributed by atoms with van der Waals surface area (Å²) in [7, 11) is 1.54. The Morgan fingerprint density at radius 3 is 2.95 bits per heavy atom. The fraction of sp³-hybridized carbons (Fsp3) is 0.500. The number of anilines is 2. The van der Waals surface area contributed by atoms with Crippen molar-refractivity contribution < 1.29 is 14.4 Å². The van der Waals surface area contributed by atoms with E-state index in [1.54, 1.807) is 30.4 Å². The number of nitrogen functional groups attached to an aromatic ring is 1. The van der Waals surface area contributed by atoms with Crippen LogP contribution in [0.2, 0.25) is 0 Å². The number of nitrogens with one attached hydrogen (secondary N) is 1. The van der Waals surface area contributed by atoms with Crippen LogP contribution in [0, 0.1) is 0 Å². The molecule has 6 nitrogen and oxygen atoms in total. The van der Waals surface area contributed by atoms with Gasteiger partial charge in [-0.1, -0.05) is 0 Å². The second kappa shape index (κ2) is 6.58. The summed E-state index contributed by atoms with van der Waals surface area (Å²) in [5, 5.41) is 4.57. The lowest BCUT2D eigenvalue weighted by Gasteiger charge is -2.30. The topological polar surface area (TPSA) is 76.8 Å². The number of nitrogens with zero attached hydrogens (tertiary/aromatic N) is 1. The first-order valence-corrected chi connectivity index (χ1v) is 6.75. The SMILES string of the molecule is COc1cc(N)ccc1NC(=O)C(C)N1CCCCO1. The minimum Gasteiger partial charge on any atom is -0.494 e. The molecule has 1 aliphatic heterocycles. The molecule has 1 unspecified atom stereocenters. The van der Waals surface area contributed by atoms with Crippen molar-refractivity contribution in [1.82, 2.24) is 5.06 Å². The summed E-state index contributed by atoms with van der Waals surface area (Å²) < 4.78 is 5.21. The summed E-state index contributed by atoms with van der Waals surface area (Å²) in [6.45, 7) is 3.26. The molecule has 110 valence electrons. The first-order valence-electron chi connectivity index (χ1n) is 6.75. The van der Waals surface area contributed by atoms with E-state index in [1.807, 2.05) is 6.92 Å². The van der Waals surface area contributed by atoms with Gasteiger partial charge in [0.1, 0.15) is 11.8 Å². The van der Waals surface area contributed by atoms with Crippen molar-refractivity contribution in [1.29, 1.82) is 0 Å². The monoisotopic (exact) mass is 279 g/mol. The van der Waals surface area contributed by atoms with E-state index in [9.17, 15) is 4.79 Å². The van der Waals surface area contributed by atoms with Gasteiger partial charge in [0.15, 0.2) is 0 Å². The summed E-state index contributed by atoms with van der Waals surface area (Å²) in [4.78, 5) is 17.7. The summed E-state index contributed by atoms with van der Waals surface area (Å²) in [6.07, 6.45) is 2.08. The largest absolute Gasteiger partial charge is 0.494 e. The van der Waals surface area contributed by atoms with Crippen LogP contribution in [0.25, 0.3) is 0 Å². The average Bonchev–Trinajstić information content (AvgIpc) is 2.49. The van der Waals surface area contributed by atoms with Gasteiger partial charge in [0.05, 0.1) is 19.4 Å². The minimum atomic E-state index is -0.349. The van der Waals surface area contributed by atoms with E-state index in [1.165, 1.54) is 0 Å². The molecule has 0 aliphatic carbocycles. The van der Waals surface area contributed by atoms with Crippen molar-refractivity contribution in [2.75, 3.05) is 31.3 Å². The fourth-order valence-corrected chi connectivity index (χ4v) is 2.10. The highest BCUT2D eigenvalue weighted by atomic mass is 16.7. The maximum atomic E-state index is 12.2. The Morgan fingerprint density at radius 2 is 2.30 bits per heavy atom. The van der Waals surface area contributed by atoms with E-state index < -0.39 is 0 Å². The maximum absolute atomic E-state index is 12.2. The van der Waals surface area contributed by atoms with Crippen molar-refractivity contribution >= 4 is 17.3 Å². The maximum Gasteiger partial charge on any atom is 0.243 e. The Morgan fingerprint density at radius 1 is 1.50 bits per heavy atom. The molecule has 1 amide bonds. The van der Waals surface area contributed by atoms with Gasteiger partial charge >= 0.3 is 0 Å². The molecule has 6 heteroatoms. The molecule has 1 aromatic rings. The van der Waals surface area contributed by atoms with E-state index in [2.05, 4.69) is 5.32 Å². The van der Waals surface area contributed by atoms with Gasteiger partial charge in [-0.3, -0.25) is 9.63 Å². The van der Waals surface area contributed by atoms with Gasteiger partial charge in [-0.2, -0.15) is 5.06 Å². The summed E-state index contributed by atoms with van der Waals surface area (Å²) >= 11 is 0. The zero-order valence-electron chi connectivity index (χ0n) is 11.9. The Kier molecular flexibility index (Phi) is 4.81. The molecule has 0 spiro atoms. The number of nitrogens with two attached hydrogens (primary N) is 1. The predicted octanol–water partition coefficient (Wildman–Crippen LogP) is 1.63. The number of methoxy groups -OCH3 is 1. The average molecular weight is 279 g/mol. The molecule has 1 fully saturated rings. The molecule has 1 aliphatic rings. The highest BCUT2D eigenvalue weighted by molar-refractivity contribution is 5.96. The molecule has 20 heavy (non-hydrogen) atoms. The highest BCUT2D eigenvalue weighted by Crippen LogP contribution is 2.27. The number of ether oxygens (including phenoxy) is 1. The van der Waals surface area contributed by atoms with Crippen molar-refractivity contribution in [3.05, 3.63) is 18.2 Å². The van der Waals surface area contributed by atoms with Gasteiger partial charge in [0, 0.05) is 18.3 Å². The predicted molar refractivity (Wildman–Crippen MR) is 77.4 cm³/mol. The first kappa shape index (κ1) is 14.6. The quantitative estimate of drug-likeness (QED) is 0.819. The van der Waals surface area contributed by atoms with Gasteiger partial charge < -0.3 is 15.8 Å². The number of amides is 1.